The molecule has 6 nitrogen and oxygen atoms in total. The van der Waals surface area contributed by atoms with Crippen molar-refractivity contribution in [2.75, 3.05) is 20.8 Å². The maximum atomic E-state index is 12.7. The van der Waals surface area contributed by atoms with Crippen molar-refractivity contribution >= 4 is 11.5 Å². The summed E-state index contributed by atoms with van der Waals surface area (Å²) >= 11 is 0. The first-order chi connectivity index (χ1) is 13.1. The topological polar surface area (TPSA) is 71.4 Å². The van der Waals surface area contributed by atoms with Gasteiger partial charge in [0.25, 0.3) is 0 Å². The molecule has 1 aliphatic carbocycles. The molecule has 4 rings (SSSR count). The first kappa shape index (κ1) is 17.9. The second kappa shape index (κ2) is 6.91. The van der Waals surface area contributed by atoms with Gasteiger partial charge in [0.15, 0.2) is 17.3 Å². The van der Waals surface area contributed by atoms with Crippen molar-refractivity contribution in [1.82, 2.24) is 4.90 Å². The van der Waals surface area contributed by atoms with Crippen molar-refractivity contribution in [3.63, 3.8) is 0 Å². The van der Waals surface area contributed by atoms with E-state index in [1.54, 1.807) is 14.2 Å². The van der Waals surface area contributed by atoms with Gasteiger partial charge in [-0.3, -0.25) is 4.79 Å². The summed E-state index contributed by atoms with van der Waals surface area (Å²) in [5.74, 6) is 1.51. The number of rotatable bonds is 3. The molecule has 1 aromatic rings. The van der Waals surface area contributed by atoms with Crippen LogP contribution in [0.4, 0.5) is 0 Å². The Labute approximate surface area is 159 Å². The number of benzene rings is 1. The molecule has 0 saturated carbocycles. The van der Waals surface area contributed by atoms with Gasteiger partial charge in [-0.2, -0.15) is 0 Å². The van der Waals surface area contributed by atoms with Gasteiger partial charge in [0.1, 0.15) is 0 Å². The number of nitrogens with zero attached hydrogens (tertiary/aromatic N) is 2. The van der Waals surface area contributed by atoms with Crippen LogP contribution >= 0.6 is 0 Å². The summed E-state index contributed by atoms with van der Waals surface area (Å²) in [6.07, 6.45) is 3.93. The van der Waals surface area contributed by atoms with Crippen molar-refractivity contribution in [2.45, 2.75) is 45.1 Å². The Bertz CT molecular complexity index is 843. The molecule has 0 fully saturated rings. The fourth-order valence-corrected chi connectivity index (χ4v) is 4.99. The molecule has 0 bridgehead atoms. The fourth-order valence-electron chi connectivity index (χ4n) is 4.99. The van der Waals surface area contributed by atoms with E-state index < -0.39 is 0 Å². The molecule has 0 spiro atoms. The molecule has 6 heteroatoms. The average molecular weight is 370 g/mol. The minimum atomic E-state index is -0.0343. The highest BCUT2D eigenvalue weighted by Crippen LogP contribution is 2.49. The molecule has 0 amide bonds. The van der Waals surface area contributed by atoms with Gasteiger partial charge in [0.2, 0.25) is 0 Å². The van der Waals surface area contributed by atoms with Gasteiger partial charge in [-0.25, -0.2) is 0 Å². The molecule has 1 aromatic carbocycles. The Morgan fingerprint density at radius 2 is 1.93 bits per heavy atom. The van der Waals surface area contributed by atoms with Crippen LogP contribution in [0.25, 0.3) is 0 Å². The van der Waals surface area contributed by atoms with Crippen molar-refractivity contribution in [1.29, 1.82) is 0 Å². The number of allylic oxidation sites excluding steroid dienone is 2. The van der Waals surface area contributed by atoms with E-state index in [0.717, 1.165) is 43.7 Å². The van der Waals surface area contributed by atoms with Gasteiger partial charge >= 0.3 is 0 Å². The van der Waals surface area contributed by atoms with Crippen LogP contribution in [0.15, 0.2) is 28.6 Å². The normalized spacial score (nSPS) is 25.8. The van der Waals surface area contributed by atoms with E-state index in [2.05, 4.69) is 29.1 Å². The van der Waals surface area contributed by atoms with Gasteiger partial charge in [-0.05, 0) is 48.9 Å². The molecule has 27 heavy (non-hydrogen) atoms. The molecule has 3 aliphatic rings. The summed E-state index contributed by atoms with van der Waals surface area (Å²) in [7, 11) is 3.29. The van der Waals surface area contributed by atoms with E-state index in [-0.39, 0.29) is 17.7 Å². The third-order valence-corrected chi connectivity index (χ3v) is 6.19. The molecular weight excluding hydrogens is 344 g/mol. The number of hydrogen-bond donors (Lipinski definition) is 1. The van der Waals surface area contributed by atoms with Crippen LogP contribution < -0.4 is 9.47 Å². The number of ether oxygens (including phenoxy) is 2. The van der Waals surface area contributed by atoms with Crippen molar-refractivity contribution in [3.8, 4) is 11.5 Å². The molecular formula is C21H26N2O4. The fraction of sp³-hybridized carbons (Fsp3) is 0.524. The molecule has 144 valence electrons. The second-order valence-electron chi connectivity index (χ2n) is 7.39. The van der Waals surface area contributed by atoms with Gasteiger partial charge in [0, 0.05) is 24.6 Å². The summed E-state index contributed by atoms with van der Waals surface area (Å²) in [5.41, 5.74) is 4.68. The largest absolute Gasteiger partial charge is 0.493 e. The Morgan fingerprint density at radius 3 is 2.59 bits per heavy atom. The van der Waals surface area contributed by atoms with Crippen molar-refractivity contribution in [2.24, 2.45) is 11.1 Å². The number of Topliss-reactive ketones (excluding diaryl/α,β-unsaturated/α-hetero) is 1. The highest BCUT2D eigenvalue weighted by Gasteiger charge is 2.46. The lowest BCUT2D eigenvalue weighted by molar-refractivity contribution is -0.116. The van der Waals surface area contributed by atoms with Crippen molar-refractivity contribution in [3.05, 3.63) is 34.5 Å². The van der Waals surface area contributed by atoms with Gasteiger partial charge in [-0.15, -0.1) is 0 Å². The minimum absolute atomic E-state index is 0.0343. The zero-order chi connectivity index (χ0) is 19.1. The molecule has 2 heterocycles. The monoisotopic (exact) mass is 370 g/mol. The Hall–Kier alpha value is -2.50. The lowest BCUT2D eigenvalue weighted by atomic mass is 9.72. The Balaban J connectivity index is 1.91. The lowest BCUT2D eigenvalue weighted by Gasteiger charge is -2.49. The summed E-state index contributed by atoms with van der Waals surface area (Å²) < 4.78 is 11.0. The van der Waals surface area contributed by atoms with Crippen LogP contribution in [0, 0.1) is 5.92 Å². The van der Waals surface area contributed by atoms with E-state index in [1.165, 1.54) is 11.1 Å². The van der Waals surface area contributed by atoms with Gasteiger partial charge in [-0.1, -0.05) is 12.1 Å². The second-order valence-corrected chi connectivity index (χ2v) is 7.39. The molecule has 1 N–H and O–H groups in total. The number of carbonyl (C=O) groups excluding carboxylic acids is 1. The lowest BCUT2D eigenvalue weighted by Crippen LogP contribution is -2.48. The zero-order valence-electron chi connectivity index (χ0n) is 16.1. The van der Waals surface area contributed by atoms with Crippen LogP contribution in [0.3, 0.4) is 0 Å². The van der Waals surface area contributed by atoms with Gasteiger partial charge in [0.05, 0.1) is 31.5 Å². The average Bonchev–Trinajstić information content (AvgIpc) is 2.71. The molecule has 0 unspecified atom stereocenters. The number of oxime groups is 1. The van der Waals surface area contributed by atoms with E-state index in [0.29, 0.717) is 23.5 Å². The van der Waals surface area contributed by atoms with E-state index in [1.807, 2.05) is 0 Å². The van der Waals surface area contributed by atoms with E-state index in [4.69, 9.17) is 9.47 Å². The standard InChI is InChI=1S/C21H26N2O4/c1-4-13-20(22-25)19-15(6-5-7-16(19)24)23-9-8-12-10-17(26-2)18(27-3)11-14(12)21(13)23/h10-11,13,21,25H,4-9H2,1-3H3/t13-,21+/m1/s1. The first-order valence-corrected chi connectivity index (χ1v) is 9.64. The maximum absolute atomic E-state index is 12.7. The highest BCUT2D eigenvalue weighted by atomic mass is 16.5. The minimum Gasteiger partial charge on any atom is -0.493 e. The van der Waals surface area contributed by atoms with Crippen LogP contribution in [0.5, 0.6) is 11.5 Å². The number of fused-ring (bicyclic) bond motifs is 4. The Kier molecular flexibility index (Phi) is 4.58. The smallest absolute Gasteiger partial charge is 0.166 e. The first-order valence-electron chi connectivity index (χ1n) is 9.64. The zero-order valence-corrected chi connectivity index (χ0v) is 16.1. The molecule has 2 atom stereocenters. The van der Waals surface area contributed by atoms with Crippen LogP contribution in [-0.2, 0) is 11.2 Å². The summed E-state index contributed by atoms with van der Waals surface area (Å²) in [5, 5.41) is 13.4. The molecule has 0 radical (unpaired) electrons. The van der Waals surface area contributed by atoms with E-state index in [9.17, 15) is 10.0 Å². The molecule has 2 aliphatic heterocycles. The number of ketones is 1. The van der Waals surface area contributed by atoms with Gasteiger partial charge < -0.3 is 19.6 Å². The third kappa shape index (κ3) is 2.61. The number of methoxy groups -OCH3 is 2. The predicted molar refractivity (Wildman–Crippen MR) is 102 cm³/mol. The third-order valence-electron chi connectivity index (χ3n) is 6.19. The van der Waals surface area contributed by atoms with Crippen LogP contribution in [0.1, 0.15) is 49.8 Å². The number of hydrogen-bond acceptors (Lipinski definition) is 6. The maximum Gasteiger partial charge on any atom is 0.166 e. The molecule has 0 saturated heterocycles. The highest BCUT2D eigenvalue weighted by molar-refractivity contribution is 6.24. The Morgan fingerprint density at radius 1 is 1.19 bits per heavy atom. The van der Waals surface area contributed by atoms with Crippen molar-refractivity contribution < 1.29 is 19.5 Å². The SMILES string of the molecule is CC[C@@H]1C(=NO)C2=C(CCCC2=O)N2CCc3cc(OC)c(OC)cc3[C@H]12. The predicted octanol–water partition coefficient (Wildman–Crippen LogP) is 3.48. The quantitative estimate of drug-likeness (QED) is 0.651. The molecule has 0 aromatic heterocycles. The summed E-state index contributed by atoms with van der Waals surface area (Å²) in [6, 6.07) is 4.16. The van der Waals surface area contributed by atoms with Crippen LogP contribution in [0.2, 0.25) is 0 Å². The van der Waals surface area contributed by atoms with E-state index >= 15 is 0 Å². The number of carbonyl (C=O) groups is 1. The summed E-state index contributed by atoms with van der Waals surface area (Å²) in [6.45, 7) is 2.94. The summed E-state index contributed by atoms with van der Waals surface area (Å²) in [4.78, 5) is 15.0. The van der Waals surface area contributed by atoms with Crippen LogP contribution in [-0.4, -0.2) is 42.4 Å².